The Kier molecular flexibility index (Phi) is 3.81. The third kappa shape index (κ3) is 2.34. The smallest absolute Gasteiger partial charge is 0.281 e. The Morgan fingerprint density at radius 2 is 2.33 bits per heavy atom. The Morgan fingerprint density at radius 3 is 2.80 bits per heavy atom. The second-order valence-corrected chi connectivity index (χ2v) is 3.02. The molecule has 0 aromatic carbocycles. The molecule has 0 amide bonds. The molecule has 1 heterocycles. The summed E-state index contributed by atoms with van der Waals surface area (Å²) < 4.78 is 29.7. The summed E-state index contributed by atoms with van der Waals surface area (Å²) in [6.45, 7) is 0. The number of hydrogen-bond donors (Lipinski definition) is 0. The highest BCUT2D eigenvalue weighted by Crippen LogP contribution is 2.33. The largest absolute Gasteiger partial charge is 0.495 e. The lowest BCUT2D eigenvalue weighted by Gasteiger charge is -2.10. The molecule has 6 heteroatoms. The molecule has 0 aliphatic carbocycles. The number of nitrogens with zero attached hydrogens (tertiary/aromatic N) is 2. The molecule has 0 N–H and O–H groups in total. The number of aromatic nitrogens is 1. The highest BCUT2D eigenvalue weighted by Gasteiger charge is 2.19. The van der Waals surface area contributed by atoms with Gasteiger partial charge in [0.05, 0.1) is 30.8 Å². The average Bonchev–Trinajstić information content (AvgIpc) is 2.20. The number of halogens is 3. The van der Waals surface area contributed by atoms with Gasteiger partial charge in [-0.15, -0.1) is 0 Å². The van der Waals surface area contributed by atoms with E-state index in [1.54, 1.807) is 0 Å². The minimum Gasteiger partial charge on any atom is -0.495 e. The fraction of sp³-hybridized carbons (Fsp3) is 0.333. The summed E-state index contributed by atoms with van der Waals surface area (Å²) in [7, 11) is 1.36. The lowest BCUT2D eigenvalue weighted by molar-refractivity contribution is 0.146. The number of hydrogen-bond acceptors (Lipinski definition) is 3. The van der Waals surface area contributed by atoms with Crippen LogP contribution in [0.5, 0.6) is 5.75 Å². The van der Waals surface area contributed by atoms with Gasteiger partial charge in [-0.2, -0.15) is 5.26 Å². The first-order chi connectivity index (χ1) is 7.11. The molecule has 0 spiro atoms. The second-order valence-electron chi connectivity index (χ2n) is 2.64. The number of ether oxygens (including phenoxy) is 1. The molecule has 0 saturated heterocycles. The fourth-order valence-electron chi connectivity index (χ4n) is 1.10. The molecule has 0 aliphatic rings. The van der Waals surface area contributed by atoms with Crippen molar-refractivity contribution in [3.05, 3.63) is 22.5 Å². The summed E-state index contributed by atoms with van der Waals surface area (Å²) in [6.07, 6.45) is -1.72. The Labute approximate surface area is 90.3 Å². The number of methoxy groups -OCH3 is 1. The van der Waals surface area contributed by atoms with Crippen LogP contribution in [0.3, 0.4) is 0 Å². The Balaban J connectivity index is 3.30. The summed E-state index contributed by atoms with van der Waals surface area (Å²) in [5.41, 5.74) is -0.283. The summed E-state index contributed by atoms with van der Waals surface area (Å²) in [6, 6.07) is 1.83. The first-order valence-corrected chi connectivity index (χ1v) is 4.36. The third-order valence-corrected chi connectivity index (χ3v) is 2.21. The molecule has 0 saturated carbocycles. The predicted octanol–water partition coefficient (Wildman–Crippen LogP) is 2.75. The standard InChI is InChI=1S/C9H7ClF2N2O/c1-15-6-4-14-8(9(11)12)7(10)5(6)2-3-13/h4,9H,2H2,1H3. The Bertz CT molecular complexity index is 404. The zero-order chi connectivity index (χ0) is 11.4. The lowest BCUT2D eigenvalue weighted by Crippen LogP contribution is -1.99. The van der Waals surface area contributed by atoms with Crippen LogP contribution < -0.4 is 4.74 Å². The first kappa shape index (κ1) is 11.7. The Hall–Kier alpha value is -1.41. The molecule has 1 aromatic heterocycles. The number of alkyl halides is 2. The predicted molar refractivity (Wildman–Crippen MR) is 50.1 cm³/mol. The van der Waals surface area contributed by atoms with Crippen molar-refractivity contribution in [3.8, 4) is 11.8 Å². The maximum Gasteiger partial charge on any atom is 0.281 e. The topological polar surface area (TPSA) is 45.9 Å². The van der Waals surface area contributed by atoms with E-state index in [1.165, 1.54) is 7.11 Å². The van der Waals surface area contributed by atoms with Crippen molar-refractivity contribution >= 4 is 11.6 Å². The van der Waals surface area contributed by atoms with Crippen molar-refractivity contribution in [1.82, 2.24) is 4.98 Å². The first-order valence-electron chi connectivity index (χ1n) is 3.98. The van der Waals surface area contributed by atoms with Gasteiger partial charge in [-0.05, 0) is 0 Å². The highest BCUT2D eigenvalue weighted by molar-refractivity contribution is 6.32. The van der Waals surface area contributed by atoms with Crippen LogP contribution in [-0.2, 0) is 6.42 Å². The zero-order valence-corrected chi connectivity index (χ0v) is 8.55. The molecule has 0 atom stereocenters. The molecule has 15 heavy (non-hydrogen) atoms. The maximum atomic E-state index is 12.4. The van der Waals surface area contributed by atoms with E-state index >= 15 is 0 Å². The van der Waals surface area contributed by atoms with Gasteiger partial charge >= 0.3 is 0 Å². The van der Waals surface area contributed by atoms with Gasteiger partial charge < -0.3 is 4.74 Å². The minimum absolute atomic E-state index is 0.0930. The molecule has 1 rings (SSSR count). The van der Waals surface area contributed by atoms with E-state index in [-0.39, 0.29) is 22.8 Å². The summed E-state index contributed by atoms with van der Waals surface area (Å²) in [4.78, 5) is 3.48. The van der Waals surface area contributed by atoms with Gasteiger partial charge in [0.1, 0.15) is 11.4 Å². The van der Waals surface area contributed by atoms with Crippen molar-refractivity contribution in [2.45, 2.75) is 12.8 Å². The molecular weight excluding hydrogens is 226 g/mol. The monoisotopic (exact) mass is 232 g/mol. The van der Waals surface area contributed by atoms with E-state index in [1.807, 2.05) is 6.07 Å². The van der Waals surface area contributed by atoms with Crippen molar-refractivity contribution < 1.29 is 13.5 Å². The maximum absolute atomic E-state index is 12.4. The minimum atomic E-state index is -2.76. The normalized spacial score (nSPS) is 10.1. The van der Waals surface area contributed by atoms with E-state index in [0.29, 0.717) is 0 Å². The van der Waals surface area contributed by atoms with Gasteiger partial charge in [-0.3, -0.25) is 0 Å². The summed E-state index contributed by atoms with van der Waals surface area (Å²) >= 11 is 5.69. The van der Waals surface area contributed by atoms with Crippen molar-refractivity contribution in [3.63, 3.8) is 0 Å². The molecule has 80 valence electrons. The number of rotatable bonds is 3. The van der Waals surface area contributed by atoms with Gasteiger partial charge in [-0.1, -0.05) is 11.6 Å². The summed E-state index contributed by atoms with van der Waals surface area (Å²) in [5, 5.41) is 8.32. The highest BCUT2D eigenvalue weighted by atomic mass is 35.5. The van der Waals surface area contributed by atoms with Crippen molar-refractivity contribution in [1.29, 1.82) is 5.26 Å². The van der Waals surface area contributed by atoms with Gasteiger partial charge in [0.25, 0.3) is 6.43 Å². The van der Waals surface area contributed by atoms with Crippen LogP contribution in [0.25, 0.3) is 0 Å². The van der Waals surface area contributed by atoms with Crippen LogP contribution in [0.4, 0.5) is 8.78 Å². The van der Waals surface area contributed by atoms with E-state index in [4.69, 9.17) is 21.6 Å². The SMILES string of the molecule is COc1cnc(C(F)F)c(Cl)c1CC#N. The van der Waals surface area contributed by atoms with Crippen LogP contribution in [-0.4, -0.2) is 12.1 Å². The molecule has 0 radical (unpaired) electrons. The van der Waals surface area contributed by atoms with Crippen LogP contribution in [0, 0.1) is 11.3 Å². The van der Waals surface area contributed by atoms with Crippen molar-refractivity contribution in [2.24, 2.45) is 0 Å². The average molecular weight is 233 g/mol. The van der Waals surface area contributed by atoms with Gasteiger partial charge in [0.2, 0.25) is 0 Å². The quantitative estimate of drug-likeness (QED) is 0.805. The van der Waals surface area contributed by atoms with Crippen LogP contribution >= 0.6 is 11.6 Å². The van der Waals surface area contributed by atoms with Crippen molar-refractivity contribution in [2.75, 3.05) is 7.11 Å². The number of nitriles is 1. The van der Waals surface area contributed by atoms with Crippen LogP contribution in [0.2, 0.25) is 5.02 Å². The lowest BCUT2D eigenvalue weighted by atomic mass is 10.1. The van der Waals surface area contributed by atoms with E-state index in [0.717, 1.165) is 6.20 Å². The molecule has 3 nitrogen and oxygen atoms in total. The molecule has 0 aliphatic heterocycles. The van der Waals surface area contributed by atoms with Crippen LogP contribution in [0.15, 0.2) is 6.20 Å². The van der Waals surface area contributed by atoms with Gasteiger partial charge in [0.15, 0.2) is 0 Å². The second kappa shape index (κ2) is 4.89. The molecule has 1 aromatic rings. The summed E-state index contributed by atoms with van der Waals surface area (Å²) in [5.74, 6) is 0.242. The fourth-order valence-corrected chi connectivity index (χ4v) is 1.39. The van der Waals surface area contributed by atoms with Gasteiger partial charge in [0, 0.05) is 5.56 Å². The molecular formula is C9H7ClF2N2O. The zero-order valence-electron chi connectivity index (χ0n) is 7.80. The van der Waals surface area contributed by atoms with E-state index in [9.17, 15) is 8.78 Å². The molecule has 0 fully saturated rings. The Morgan fingerprint density at radius 1 is 1.67 bits per heavy atom. The van der Waals surface area contributed by atoms with Gasteiger partial charge in [-0.25, -0.2) is 13.8 Å². The number of pyridine rings is 1. The van der Waals surface area contributed by atoms with E-state index < -0.39 is 12.1 Å². The van der Waals surface area contributed by atoms with Crippen LogP contribution in [0.1, 0.15) is 17.7 Å². The van der Waals surface area contributed by atoms with E-state index in [2.05, 4.69) is 4.98 Å². The molecule has 0 unspecified atom stereocenters. The third-order valence-electron chi connectivity index (χ3n) is 1.79. The molecule has 0 bridgehead atoms.